The average molecular weight is 554 g/mol. The second-order valence-electron chi connectivity index (χ2n) is 7.29. The van der Waals surface area contributed by atoms with Crippen LogP contribution >= 0.6 is 0 Å². The van der Waals surface area contributed by atoms with E-state index in [1.54, 1.807) is 0 Å². The topological polar surface area (TPSA) is 52.1 Å². The van der Waals surface area contributed by atoms with Crippen molar-refractivity contribution in [3.8, 4) is 0 Å². The van der Waals surface area contributed by atoms with E-state index in [9.17, 15) is 0 Å². The third-order valence-corrected chi connectivity index (χ3v) is 4.53. The fourth-order valence-electron chi connectivity index (χ4n) is 2.90. The Morgan fingerprint density at radius 1 is 0.750 bits per heavy atom. The third kappa shape index (κ3) is 5.36. The van der Waals surface area contributed by atoms with E-state index in [4.69, 9.17) is 8.83 Å². The Bertz CT molecular complexity index is 952. The van der Waals surface area contributed by atoms with Crippen LogP contribution in [-0.4, -0.2) is 9.97 Å². The molecule has 0 fully saturated rings. The molecule has 0 aliphatic heterocycles. The van der Waals surface area contributed by atoms with Crippen molar-refractivity contribution < 1.29 is 47.8 Å². The van der Waals surface area contributed by atoms with Crippen LogP contribution in [0.4, 0.5) is 0 Å². The van der Waals surface area contributed by atoms with Gasteiger partial charge in [0.15, 0.2) is 0 Å². The van der Waals surface area contributed by atoms with E-state index in [0.717, 1.165) is 33.3 Å². The molecular weight excluding hydrogens is 530 g/mol. The smallest absolute Gasteiger partial charge is 0.103 e. The summed E-state index contributed by atoms with van der Waals surface area (Å²) in [7, 11) is 0. The molecule has 154 valence electrons. The maximum absolute atomic E-state index is 5.15. The van der Waals surface area contributed by atoms with E-state index < -0.39 is 0 Å². The molecule has 0 spiro atoms. The van der Waals surface area contributed by atoms with Crippen molar-refractivity contribution in [2.24, 2.45) is 0 Å². The van der Waals surface area contributed by atoms with Gasteiger partial charge in [0.25, 0.3) is 0 Å². The summed E-state index contributed by atoms with van der Waals surface area (Å²) in [5.41, 5.74) is 8.39. The van der Waals surface area contributed by atoms with Gasteiger partial charge in [-0.3, -0.25) is 0 Å². The van der Waals surface area contributed by atoms with Gasteiger partial charge in [0.2, 0.25) is 0 Å². The Morgan fingerprint density at radius 3 is 1.96 bits per heavy atom. The fourth-order valence-corrected chi connectivity index (χ4v) is 2.90. The van der Waals surface area contributed by atoms with Gasteiger partial charge < -0.3 is 18.8 Å². The van der Waals surface area contributed by atoms with Crippen molar-refractivity contribution in [3.63, 3.8) is 0 Å². The molecule has 4 nitrogen and oxygen atoms in total. The maximum atomic E-state index is 5.15. The third-order valence-electron chi connectivity index (χ3n) is 4.53. The van der Waals surface area contributed by atoms with Crippen LogP contribution in [0, 0.1) is 26.6 Å². The van der Waals surface area contributed by atoms with Crippen LogP contribution in [-0.2, 0) is 39.0 Å². The van der Waals surface area contributed by atoms with E-state index in [1.165, 1.54) is 11.1 Å². The second kappa shape index (κ2) is 10.4. The number of aromatic nitrogens is 2. The van der Waals surface area contributed by atoms with Gasteiger partial charge in [-0.1, -0.05) is 81.1 Å². The molecule has 0 amide bonds. The molecule has 0 saturated carbocycles. The molecule has 0 aliphatic rings. The molecule has 2 aromatic heterocycles. The monoisotopic (exact) mass is 554 g/mol. The molecule has 0 saturated heterocycles. The summed E-state index contributed by atoms with van der Waals surface area (Å²) in [4.78, 5) is 8.06. The van der Waals surface area contributed by atoms with Crippen LogP contribution < -0.4 is 0 Å². The normalized spacial score (nSPS) is 10.6. The summed E-state index contributed by atoms with van der Waals surface area (Å²) in [6.07, 6.45) is 5.04. The minimum Gasteiger partial charge on any atom is -0.573 e. The van der Waals surface area contributed by atoms with Crippen LogP contribution in [0.5, 0.6) is 0 Å². The molecule has 2 heterocycles. The number of hydrogen-bond acceptors (Lipinski definition) is 4. The van der Waals surface area contributed by atoms with Gasteiger partial charge in [0.05, 0.1) is 0 Å². The second-order valence-corrected chi connectivity index (χ2v) is 7.29. The summed E-state index contributed by atoms with van der Waals surface area (Å²) in [5, 5.41) is 0. The summed E-state index contributed by atoms with van der Waals surface area (Å²) >= 11 is 0. The van der Waals surface area contributed by atoms with Gasteiger partial charge >= 0.3 is 0 Å². The van der Waals surface area contributed by atoms with E-state index in [2.05, 4.69) is 68.6 Å². The first-order valence-electron chi connectivity index (χ1n) is 8.91. The van der Waals surface area contributed by atoms with E-state index in [1.807, 2.05) is 19.9 Å². The predicted octanol–water partition coefficient (Wildman–Crippen LogP) is 6.11. The van der Waals surface area contributed by atoms with Gasteiger partial charge in [0.1, 0.15) is 12.8 Å². The van der Waals surface area contributed by atoms with Gasteiger partial charge in [-0.05, 0) is 41.0 Å². The zero-order valence-electron chi connectivity index (χ0n) is 16.8. The Hall–Kier alpha value is -1.37. The van der Waals surface area contributed by atoms with Crippen LogP contribution in [0.25, 0.3) is 22.2 Å². The van der Waals surface area contributed by atoms with Gasteiger partial charge in [-0.15, -0.1) is 0 Å². The van der Waals surface area contributed by atoms with Crippen molar-refractivity contribution >= 4 is 22.2 Å². The molecule has 4 aromatic rings. The molecule has 6 heteroatoms. The first kappa shape index (κ1) is 24.7. The number of aryl methyl sites for hydroxylation is 2. The molecule has 2 aromatic carbocycles. The van der Waals surface area contributed by atoms with E-state index in [0.29, 0.717) is 11.8 Å². The number of nitrogens with zero attached hydrogens (tertiary/aromatic N) is 2. The Balaban J connectivity index is 0.000000261. The molecule has 28 heavy (non-hydrogen) atoms. The molecule has 0 bridgehead atoms. The van der Waals surface area contributed by atoms with Crippen molar-refractivity contribution in [1.82, 2.24) is 9.97 Å². The SMILES string of the molecule is Cc1cc(C(C)C)cc2n[c-]oc12.Cc1cc(C(C)C)cc2o[c-]nc12.[Rh].[Rh]. The summed E-state index contributed by atoms with van der Waals surface area (Å²) in [6.45, 7) is 12.8. The number of benzene rings is 2. The minimum absolute atomic E-state index is 0. The van der Waals surface area contributed by atoms with Crippen LogP contribution in [0.1, 0.15) is 61.8 Å². The molecule has 0 N–H and O–H groups in total. The Kier molecular flexibility index (Phi) is 9.18. The number of rotatable bonds is 2. The Labute approximate surface area is 192 Å². The van der Waals surface area contributed by atoms with E-state index in [-0.39, 0.29) is 39.0 Å². The number of hydrogen-bond donors (Lipinski definition) is 0. The van der Waals surface area contributed by atoms with Crippen LogP contribution in [0.2, 0.25) is 0 Å². The van der Waals surface area contributed by atoms with Gasteiger partial charge in [0, 0.05) is 39.0 Å². The molecular formula is C22H24N2O2Rh2-2. The molecule has 2 radical (unpaired) electrons. The van der Waals surface area contributed by atoms with Gasteiger partial charge in [-0.2, -0.15) is 0 Å². The summed E-state index contributed by atoms with van der Waals surface area (Å²) in [5.74, 6) is 1.05. The molecule has 0 unspecified atom stereocenters. The molecule has 4 rings (SSSR count). The largest absolute Gasteiger partial charge is 0.573 e. The number of oxazole rings is 2. The van der Waals surface area contributed by atoms with Crippen molar-refractivity contribution in [2.45, 2.75) is 53.4 Å². The van der Waals surface area contributed by atoms with E-state index >= 15 is 0 Å². The zero-order chi connectivity index (χ0) is 18.8. The summed E-state index contributed by atoms with van der Waals surface area (Å²) < 4.78 is 10.3. The zero-order valence-corrected chi connectivity index (χ0v) is 20.1. The minimum atomic E-state index is 0. The summed E-state index contributed by atoms with van der Waals surface area (Å²) in [6, 6.07) is 8.40. The first-order chi connectivity index (χ1) is 12.4. The molecule has 0 atom stereocenters. The number of fused-ring (bicyclic) bond motifs is 2. The Morgan fingerprint density at radius 2 is 1.32 bits per heavy atom. The maximum Gasteiger partial charge on any atom is 0.103 e. The standard InChI is InChI=1S/2C11H12NO.2Rh/c1-7(2)9-4-8(3)11-10(5-9)13-6-12-11;1-7(2)9-4-8(3)11-10(5-9)12-6-13-11;;/h2*4-5,7H,1-3H3;;/q2*-1;;. The van der Waals surface area contributed by atoms with Crippen molar-refractivity contribution in [3.05, 3.63) is 59.3 Å². The van der Waals surface area contributed by atoms with Crippen LogP contribution in [0.3, 0.4) is 0 Å². The van der Waals surface area contributed by atoms with Gasteiger partial charge in [-0.25, -0.2) is 0 Å². The predicted molar refractivity (Wildman–Crippen MR) is 103 cm³/mol. The molecule has 0 aliphatic carbocycles. The van der Waals surface area contributed by atoms with Crippen molar-refractivity contribution in [1.29, 1.82) is 0 Å². The van der Waals surface area contributed by atoms with Crippen LogP contribution in [0.15, 0.2) is 33.1 Å². The quantitative estimate of drug-likeness (QED) is 0.222. The average Bonchev–Trinajstić information content (AvgIpc) is 3.24. The first-order valence-corrected chi connectivity index (χ1v) is 8.91. The van der Waals surface area contributed by atoms with Crippen molar-refractivity contribution in [2.75, 3.05) is 0 Å². The fraction of sp³-hybridized carbons (Fsp3) is 0.364.